The zero-order chi connectivity index (χ0) is 14.8. The molecule has 2 fully saturated rings. The van der Waals surface area contributed by atoms with E-state index in [-0.39, 0.29) is 12.1 Å². The van der Waals surface area contributed by atoms with Crippen LogP contribution in [0.4, 0.5) is 4.79 Å². The molecule has 0 aromatic rings. The SMILES string of the molecule is CN(C(=O)OC(C)(C)C)[C@H]1CCN(C2CCOCC2)C1. The number of likely N-dealkylation sites (tertiary alicyclic amines) is 1. The Labute approximate surface area is 122 Å². The molecule has 2 rings (SSSR count). The second-order valence-corrected chi connectivity index (χ2v) is 6.87. The van der Waals surface area contributed by atoms with Crippen molar-refractivity contribution in [1.29, 1.82) is 0 Å². The summed E-state index contributed by atoms with van der Waals surface area (Å²) < 4.78 is 10.9. The Morgan fingerprint density at radius 3 is 2.50 bits per heavy atom. The first-order valence-electron chi connectivity index (χ1n) is 7.64. The minimum Gasteiger partial charge on any atom is -0.444 e. The number of nitrogens with zero attached hydrogens (tertiary/aromatic N) is 2. The van der Waals surface area contributed by atoms with Crippen molar-refractivity contribution < 1.29 is 14.3 Å². The van der Waals surface area contributed by atoms with Gasteiger partial charge in [0.1, 0.15) is 5.60 Å². The van der Waals surface area contributed by atoms with Gasteiger partial charge < -0.3 is 14.4 Å². The highest BCUT2D eigenvalue weighted by molar-refractivity contribution is 5.68. The number of amides is 1. The second kappa shape index (κ2) is 6.31. The van der Waals surface area contributed by atoms with Crippen molar-refractivity contribution in [2.75, 3.05) is 33.4 Å². The Morgan fingerprint density at radius 1 is 1.25 bits per heavy atom. The van der Waals surface area contributed by atoms with Crippen LogP contribution in [0.1, 0.15) is 40.0 Å². The van der Waals surface area contributed by atoms with Crippen LogP contribution in [0.3, 0.4) is 0 Å². The molecule has 0 saturated carbocycles. The lowest BCUT2D eigenvalue weighted by Gasteiger charge is -2.32. The highest BCUT2D eigenvalue weighted by Gasteiger charge is 2.34. The van der Waals surface area contributed by atoms with Crippen LogP contribution >= 0.6 is 0 Å². The fraction of sp³-hybridized carbons (Fsp3) is 0.933. The second-order valence-electron chi connectivity index (χ2n) is 6.87. The average Bonchev–Trinajstić information content (AvgIpc) is 2.86. The summed E-state index contributed by atoms with van der Waals surface area (Å²) in [6, 6.07) is 0.897. The summed E-state index contributed by atoms with van der Waals surface area (Å²) in [4.78, 5) is 16.4. The van der Waals surface area contributed by atoms with Gasteiger partial charge in [0, 0.05) is 45.4 Å². The summed E-state index contributed by atoms with van der Waals surface area (Å²) in [5, 5.41) is 0. The first-order chi connectivity index (χ1) is 9.37. The molecular formula is C15H28N2O3. The van der Waals surface area contributed by atoms with Crippen LogP contribution in [-0.4, -0.2) is 66.9 Å². The van der Waals surface area contributed by atoms with Crippen molar-refractivity contribution in [3.63, 3.8) is 0 Å². The van der Waals surface area contributed by atoms with Gasteiger partial charge in [0.15, 0.2) is 0 Å². The van der Waals surface area contributed by atoms with Crippen molar-refractivity contribution in [1.82, 2.24) is 9.80 Å². The van der Waals surface area contributed by atoms with Crippen LogP contribution in [0.25, 0.3) is 0 Å². The standard InChI is InChI=1S/C15H28N2O3/c1-15(2,3)20-14(18)16(4)13-5-8-17(11-13)12-6-9-19-10-7-12/h12-13H,5-11H2,1-4H3/t13-/m0/s1. The first kappa shape index (κ1) is 15.6. The van der Waals surface area contributed by atoms with E-state index in [0.717, 1.165) is 45.6 Å². The van der Waals surface area contributed by atoms with Crippen LogP contribution in [0, 0.1) is 0 Å². The molecule has 116 valence electrons. The molecular weight excluding hydrogens is 256 g/mol. The molecule has 1 amide bonds. The largest absolute Gasteiger partial charge is 0.444 e. The summed E-state index contributed by atoms with van der Waals surface area (Å²) in [5.41, 5.74) is -0.426. The van der Waals surface area contributed by atoms with Gasteiger partial charge in [-0.05, 0) is 40.0 Å². The average molecular weight is 284 g/mol. The number of rotatable bonds is 2. The molecule has 20 heavy (non-hydrogen) atoms. The third-order valence-electron chi connectivity index (χ3n) is 4.13. The van der Waals surface area contributed by atoms with Crippen molar-refractivity contribution in [3.8, 4) is 0 Å². The van der Waals surface area contributed by atoms with Crippen LogP contribution in [-0.2, 0) is 9.47 Å². The fourth-order valence-corrected chi connectivity index (χ4v) is 2.95. The number of hydrogen-bond donors (Lipinski definition) is 0. The van der Waals surface area contributed by atoms with Gasteiger partial charge in [0.2, 0.25) is 0 Å². The number of carbonyl (C=O) groups is 1. The predicted molar refractivity (Wildman–Crippen MR) is 77.8 cm³/mol. The molecule has 0 unspecified atom stereocenters. The minimum absolute atomic E-state index is 0.212. The van der Waals surface area contributed by atoms with E-state index in [1.165, 1.54) is 0 Å². The van der Waals surface area contributed by atoms with Gasteiger partial charge in [-0.25, -0.2) is 4.79 Å². The van der Waals surface area contributed by atoms with Crippen LogP contribution in [0.5, 0.6) is 0 Å². The Morgan fingerprint density at radius 2 is 1.90 bits per heavy atom. The zero-order valence-electron chi connectivity index (χ0n) is 13.2. The first-order valence-corrected chi connectivity index (χ1v) is 7.64. The van der Waals surface area contributed by atoms with Gasteiger partial charge in [-0.3, -0.25) is 4.90 Å². The van der Waals surface area contributed by atoms with Gasteiger partial charge >= 0.3 is 6.09 Å². The zero-order valence-corrected chi connectivity index (χ0v) is 13.2. The Bertz CT molecular complexity index is 335. The predicted octanol–water partition coefficient (Wildman–Crippen LogP) is 2.11. The van der Waals surface area contributed by atoms with Gasteiger partial charge in [-0.2, -0.15) is 0 Å². The highest BCUT2D eigenvalue weighted by atomic mass is 16.6. The highest BCUT2D eigenvalue weighted by Crippen LogP contribution is 2.23. The number of ether oxygens (including phenoxy) is 2. The molecule has 5 heteroatoms. The van der Waals surface area contributed by atoms with Crippen molar-refractivity contribution in [2.24, 2.45) is 0 Å². The van der Waals surface area contributed by atoms with Crippen LogP contribution in [0.15, 0.2) is 0 Å². The summed E-state index contributed by atoms with van der Waals surface area (Å²) in [5.74, 6) is 0. The summed E-state index contributed by atoms with van der Waals surface area (Å²) >= 11 is 0. The summed E-state index contributed by atoms with van der Waals surface area (Å²) in [7, 11) is 1.85. The molecule has 0 N–H and O–H groups in total. The van der Waals surface area contributed by atoms with E-state index < -0.39 is 5.60 Å². The maximum absolute atomic E-state index is 12.1. The molecule has 0 radical (unpaired) electrons. The molecule has 0 aromatic heterocycles. The Hall–Kier alpha value is -0.810. The monoisotopic (exact) mass is 284 g/mol. The maximum atomic E-state index is 12.1. The molecule has 0 spiro atoms. The molecule has 1 atom stereocenters. The van der Waals surface area contributed by atoms with E-state index in [9.17, 15) is 4.79 Å². The van der Waals surface area contributed by atoms with Crippen molar-refractivity contribution >= 4 is 6.09 Å². The van der Waals surface area contributed by atoms with E-state index in [0.29, 0.717) is 6.04 Å². The summed E-state index contributed by atoms with van der Waals surface area (Å²) in [6.07, 6.45) is 3.05. The topological polar surface area (TPSA) is 42.0 Å². The quantitative estimate of drug-likeness (QED) is 0.779. The third-order valence-corrected chi connectivity index (χ3v) is 4.13. The van der Waals surface area contributed by atoms with Crippen LogP contribution < -0.4 is 0 Å². The molecule has 0 aliphatic carbocycles. The third kappa shape index (κ3) is 4.09. The number of hydrogen-bond acceptors (Lipinski definition) is 4. The van der Waals surface area contributed by atoms with Gasteiger partial charge in [-0.1, -0.05) is 0 Å². The van der Waals surface area contributed by atoms with E-state index in [4.69, 9.17) is 9.47 Å². The lowest BCUT2D eigenvalue weighted by atomic mass is 10.1. The van der Waals surface area contributed by atoms with Crippen molar-refractivity contribution in [2.45, 2.75) is 57.7 Å². The van der Waals surface area contributed by atoms with Crippen molar-refractivity contribution in [3.05, 3.63) is 0 Å². The lowest BCUT2D eigenvalue weighted by molar-refractivity contribution is 0.0194. The van der Waals surface area contributed by atoms with E-state index in [1.807, 2.05) is 27.8 Å². The number of likely N-dealkylation sites (N-methyl/N-ethyl adjacent to an activating group) is 1. The smallest absolute Gasteiger partial charge is 0.410 e. The normalized spacial score (nSPS) is 25.7. The minimum atomic E-state index is -0.426. The molecule has 2 aliphatic heterocycles. The number of carbonyl (C=O) groups excluding carboxylic acids is 1. The fourth-order valence-electron chi connectivity index (χ4n) is 2.95. The molecule has 2 heterocycles. The van der Waals surface area contributed by atoms with Gasteiger partial charge in [0.05, 0.1) is 0 Å². The molecule has 0 bridgehead atoms. The van der Waals surface area contributed by atoms with Crippen LogP contribution in [0.2, 0.25) is 0 Å². The Kier molecular flexibility index (Phi) is 4.91. The molecule has 0 aromatic carbocycles. The lowest BCUT2D eigenvalue weighted by Crippen LogP contribution is -2.44. The molecule has 5 nitrogen and oxygen atoms in total. The maximum Gasteiger partial charge on any atom is 0.410 e. The van der Waals surface area contributed by atoms with E-state index >= 15 is 0 Å². The van der Waals surface area contributed by atoms with Gasteiger partial charge in [0.25, 0.3) is 0 Å². The molecule has 2 aliphatic rings. The van der Waals surface area contributed by atoms with E-state index in [2.05, 4.69) is 4.90 Å². The Balaban J connectivity index is 1.83. The summed E-state index contributed by atoms with van der Waals surface area (Å²) in [6.45, 7) is 9.48. The molecule has 2 saturated heterocycles. The van der Waals surface area contributed by atoms with E-state index in [1.54, 1.807) is 4.90 Å². The van der Waals surface area contributed by atoms with Gasteiger partial charge in [-0.15, -0.1) is 0 Å².